The predicted octanol–water partition coefficient (Wildman–Crippen LogP) is 2.42. The van der Waals surface area contributed by atoms with Gasteiger partial charge in [0.1, 0.15) is 24.1 Å². The van der Waals surface area contributed by atoms with Gasteiger partial charge in [0, 0.05) is 11.8 Å². The third-order valence-corrected chi connectivity index (χ3v) is 5.39. The summed E-state index contributed by atoms with van der Waals surface area (Å²) in [5, 5.41) is 18.0. The van der Waals surface area contributed by atoms with E-state index in [1.807, 2.05) is 30.3 Å². The van der Waals surface area contributed by atoms with Crippen molar-refractivity contribution in [2.24, 2.45) is 0 Å². The highest BCUT2D eigenvalue weighted by atomic mass is 32.2. The Balaban J connectivity index is 1.70. The average Bonchev–Trinajstić information content (AvgIpc) is 2.97. The SMILES string of the molecule is N#Cc1ccc(-c2ccc3c(c2)OCC2C(CO)SC(=O)N32)cn1. The van der Waals surface area contributed by atoms with Crippen LogP contribution in [-0.2, 0) is 0 Å². The van der Waals surface area contributed by atoms with Crippen LogP contribution in [-0.4, -0.2) is 39.8 Å². The Hall–Kier alpha value is -2.56. The molecule has 1 aromatic heterocycles. The Morgan fingerprint density at radius 2 is 2.21 bits per heavy atom. The fourth-order valence-electron chi connectivity index (χ4n) is 3.00. The summed E-state index contributed by atoms with van der Waals surface area (Å²) in [5.41, 5.74) is 2.87. The fourth-order valence-corrected chi connectivity index (χ4v) is 4.04. The van der Waals surface area contributed by atoms with Gasteiger partial charge in [0.15, 0.2) is 0 Å². The number of hydrogen-bond acceptors (Lipinski definition) is 6. The van der Waals surface area contributed by atoms with Gasteiger partial charge in [0.25, 0.3) is 5.24 Å². The molecule has 2 aliphatic rings. The van der Waals surface area contributed by atoms with Crippen LogP contribution in [0.1, 0.15) is 5.69 Å². The first-order valence-corrected chi connectivity index (χ1v) is 8.33. The van der Waals surface area contributed by atoms with E-state index < -0.39 is 0 Å². The lowest BCUT2D eigenvalue weighted by Gasteiger charge is -2.33. The van der Waals surface area contributed by atoms with Crippen LogP contribution in [0.4, 0.5) is 10.5 Å². The van der Waals surface area contributed by atoms with Crippen molar-refractivity contribution in [3.05, 3.63) is 42.2 Å². The summed E-state index contributed by atoms with van der Waals surface area (Å²) in [7, 11) is 0. The first-order valence-electron chi connectivity index (χ1n) is 7.45. The number of carbonyl (C=O) groups excluding carboxylic acids is 1. The van der Waals surface area contributed by atoms with Crippen LogP contribution in [0.5, 0.6) is 5.75 Å². The normalized spacial score (nSPS) is 21.7. The van der Waals surface area contributed by atoms with Crippen molar-refractivity contribution < 1.29 is 14.6 Å². The molecule has 2 unspecified atom stereocenters. The highest BCUT2D eigenvalue weighted by molar-refractivity contribution is 8.15. The summed E-state index contributed by atoms with van der Waals surface area (Å²) in [6.07, 6.45) is 1.64. The van der Waals surface area contributed by atoms with Gasteiger partial charge < -0.3 is 9.84 Å². The molecule has 7 heteroatoms. The molecule has 1 N–H and O–H groups in total. The van der Waals surface area contributed by atoms with E-state index in [2.05, 4.69) is 4.98 Å². The molecular formula is C17H13N3O3S. The van der Waals surface area contributed by atoms with E-state index >= 15 is 0 Å². The summed E-state index contributed by atoms with van der Waals surface area (Å²) in [4.78, 5) is 18.0. The number of aromatic nitrogens is 1. The van der Waals surface area contributed by atoms with E-state index in [1.54, 1.807) is 17.2 Å². The number of pyridine rings is 1. The highest BCUT2D eigenvalue weighted by Crippen LogP contribution is 2.44. The lowest BCUT2D eigenvalue weighted by atomic mass is 10.0. The standard InChI is InChI=1S/C17H13N3O3S/c18-6-12-3-1-11(7-19-12)10-2-4-13-15(5-10)23-9-14-16(8-21)24-17(22)20(13)14/h1-5,7,14,16,21H,8-9H2. The fraction of sp³-hybridized carbons (Fsp3) is 0.235. The number of thioether (sulfide) groups is 1. The third-order valence-electron chi connectivity index (χ3n) is 4.23. The zero-order chi connectivity index (χ0) is 16.7. The molecule has 4 rings (SSSR count). The van der Waals surface area contributed by atoms with Crippen molar-refractivity contribution in [1.29, 1.82) is 5.26 Å². The molecule has 0 radical (unpaired) electrons. The molecule has 0 aliphatic carbocycles. The molecule has 24 heavy (non-hydrogen) atoms. The second kappa shape index (κ2) is 5.82. The van der Waals surface area contributed by atoms with Crippen molar-refractivity contribution in [2.45, 2.75) is 11.3 Å². The van der Waals surface area contributed by atoms with Gasteiger partial charge in [-0.3, -0.25) is 9.69 Å². The minimum Gasteiger partial charge on any atom is -0.489 e. The molecular weight excluding hydrogens is 326 g/mol. The number of fused-ring (bicyclic) bond motifs is 3. The second-order valence-electron chi connectivity index (χ2n) is 5.58. The topological polar surface area (TPSA) is 86.4 Å². The van der Waals surface area contributed by atoms with Crippen LogP contribution >= 0.6 is 11.8 Å². The zero-order valence-corrected chi connectivity index (χ0v) is 13.4. The van der Waals surface area contributed by atoms with E-state index in [4.69, 9.17) is 10.00 Å². The Morgan fingerprint density at radius 1 is 1.38 bits per heavy atom. The van der Waals surface area contributed by atoms with E-state index in [1.165, 1.54) is 0 Å². The number of amides is 1. The number of rotatable bonds is 2. The van der Waals surface area contributed by atoms with E-state index in [9.17, 15) is 9.90 Å². The van der Waals surface area contributed by atoms with Crippen LogP contribution in [0.15, 0.2) is 36.5 Å². The Morgan fingerprint density at radius 3 is 2.92 bits per heavy atom. The molecule has 2 aromatic rings. The van der Waals surface area contributed by atoms with Crippen molar-refractivity contribution in [3.63, 3.8) is 0 Å². The van der Waals surface area contributed by atoms with Gasteiger partial charge in [-0.05, 0) is 29.8 Å². The molecule has 0 bridgehead atoms. The lowest BCUT2D eigenvalue weighted by molar-refractivity contribution is 0.225. The first-order chi connectivity index (χ1) is 11.7. The van der Waals surface area contributed by atoms with Crippen LogP contribution in [0.3, 0.4) is 0 Å². The van der Waals surface area contributed by atoms with Crippen molar-refractivity contribution in [2.75, 3.05) is 18.1 Å². The largest absolute Gasteiger partial charge is 0.489 e. The number of carbonyl (C=O) groups is 1. The number of nitrogens with zero attached hydrogens (tertiary/aromatic N) is 3. The molecule has 1 amide bonds. The number of benzene rings is 1. The van der Waals surface area contributed by atoms with E-state index in [-0.39, 0.29) is 23.1 Å². The van der Waals surface area contributed by atoms with Gasteiger partial charge in [0.2, 0.25) is 0 Å². The molecule has 3 heterocycles. The summed E-state index contributed by atoms with van der Waals surface area (Å²) < 4.78 is 5.83. The maximum absolute atomic E-state index is 12.2. The maximum Gasteiger partial charge on any atom is 0.287 e. The third kappa shape index (κ3) is 2.31. The highest BCUT2D eigenvalue weighted by Gasteiger charge is 2.45. The summed E-state index contributed by atoms with van der Waals surface area (Å²) in [6.45, 7) is 0.317. The second-order valence-corrected chi connectivity index (χ2v) is 6.77. The smallest absolute Gasteiger partial charge is 0.287 e. The van der Waals surface area contributed by atoms with Crippen LogP contribution in [0, 0.1) is 11.3 Å². The molecule has 1 saturated heterocycles. The van der Waals surface area contributed by atoms with Gasteiger partial charge in [-0.1, -0.05) is 17.8 Å². The molecule has 0 saturated carbocycles. The van der Waals surface area contributed by atoms with Gasteiger partial charge in [-0.2, -0.15) is 5.26 Å². The number of hydrogen-bond donors (Lipinski definition) is 1. The lowest BCUT2D eigenvalue weighted by Crippen LogP contribution is -2.45. The quantitative estimate of drug-likeness (QED) is 0.904. The molecule has 1 fully saturated rings. The molecule has 0 spiro atoms. The minimum atomic E-state index is -0.159. The zero-order valence-electron chi connectivity index (χ0n) is 12.5. The predicted molar refractivity (Wildman–Crippen MR) is 90.0 cm³/mol. The Labute approximate surface area is 142 Å². The molecule has 1 aromatic carbocycles. The number of nitriles is 1. The van der Waals surface area contributed by atoms with Crippen LogP contribution < -0.4 is 9.64 Å². The monoisotopic (exact) mass is 339 g/mol. The van der Waals surface area contributed by atoms with Gasteiger partial charge >= 0.3 is 0 Å². The molecule has 120 valence electrons. The van der Waals surface area contributed by atoms with Crippen molar-refractivity contribution in [1.82, 2.24) is 4.98 Å². The summed E-state index contributed by atoms with van der Waals surface area (Å²) >= 11 is 1.16. The molecule has 2 aliphatic heterocycles. The minimum absolute atomic E-state index is 0.0503. The van der Waals surface area contributed by atoms with Gasteiger partial charge in [0.05, 0.1) is 23.6 Å². The maximum atomic E-state index is 12.2. The van der Waals surface area contributed by atoms with Gasteiger partial charge in [-0.15, -0.1) is 0 Å². The number of ether oxygens (including phenoxy) is 1. The number of aliphatic hydroxyl groups is 1. The van der Waals surface area contributed by atoms with Crippen LogP contribution in [0.2, 0.25) is 0 Å². The van der Waals surface area contributed by atoms with Crippen molar-refractivity contribution in [3.8, 4) is 22.9 Å². The number of aliphatic hydroxyl groups excluding tert-OH is 1. The van der Waals surface area contributed by atoms with Crippen molar-refractivity contribution >= 4 is 22.7 Å². The number of anilines is 1. The molecule has 2 atom stereocenters. The van der Waals surface area contributed by atoms with E-state index in [0.29, 0.717) is 18.1 Å². The van der Waals surface area contributed by atoms with E-state index in [0.717, 1.165) is 28.6 Å². The first kappa shape index (κ1) is 15.0. The van der Waals surface area contributed by atoms with Gasteiger partial charge in [-0.25, -0.2) is 4.98 Å². The Bertz CT molecular complexity index is 847. The van der Waals surface area contributed by atoms with Crippen LogP contribution in [0.25, 0.3) is 11.1 Å². The average molecular weight is 339 g/mol. The molecule has 6 nitrogen and oxygen atoms in total. The summed E-state index contributed by atoms with van der Waals surface area (Å²) in [6, 6.07) is 11.0. The summed E-state index contributed by atoms with van der Waals surface area (Å²) in [5.74, 6) is 0.639. The Kier molecular flexibility index (Phi) is 3.63.